The van der Waals surface area contributed by atoms with E-state index in [2.05, 4.69) is 11.9 Å². The van der Waals surface area contributed by atoms with Gasteiger partial charge in [-0.3, -0.25) is 5.32 Å². The second-order valence-corrected chi connectivity index (χ2v) is 2.30. The maximum absolute atomic E-state index is 3.60. The summed E-state index contributed by atoms with van der Waals surface area (Å²) in [5.74, 6) is 1.09. The summed E-state index contributed by atoms with van der Waals surface area (Å²) < 4.78 is 0. The molecule has 0 spiro atoms. The predicted molar refractivity (Wildman–Crippen MR) is 29.6 cm³/mol. The first kappa shape index (κ1) is 4.22. The first-order chi connectivity index (χ1) is 2.93. The van der Waals surface area contributed by atoms with Crippen LogP contribution in [0.15, 0.2) is 12.7 Å². The van der Waals surface area contributed by atoms with Crippen LogP contribution >= 0.6 is 11.8 Å². The third-order valence-electron chi connectivity index (χ3n) is 0.761. The zero-order valence-electron chi connectivity index (χ0n) is 3.48. The van der Waals surface area contributed by atoms with E-state index in [1.165, 1.54) is 0 Å². The summed E-state index contributed by atoms with van der Waals surface area (Å²) in [6.07, 6.45) is 1.91. The standard InChI is InChI=1S/C4H7NS/c1-2-4-5-3-6-4/h2,4-5H,1,3H2. The average molecular weight is 101 g/mol. The van der Waals surface area contributed by atoms with Crippen molar-refractivity contribution < 1.29 is 0 Å². The molecule has 6 heavy (non-hydrogen) atoms. The summed E-state index contributed by atoms with van der Waals surface area (Å²) in [4.78, 5) is 0. The maximum atomic E-state index is 3.60. The van der Waals surface area contributed by atoms with Gasteiger partial charge in [0.1, 0.15) is 0 Å². The minimum Gasteiger partial charge on any atom is -0.293 e. The number of thioether (sulfide) groups is 1. The van der Waals surface area contributed by atoms with Crippen molar-refractivity contribution in [2.24, 2.45) is 0 Å². The molecule has 0 aromatic heterocycles. The van der Waals surface area contributed by atoms with Crippen molar-refractivity contribution >= 4 is 11.8 Å². The van der Waals surface area contributed by atoms with E-state index in [9.17, 15) is 0 Å². The van der Waals surface area contributed by atoms with Gasteiger partial charge in [0.15, 0.2) is 0 Å². The Hall–Kier alpha value is 0.0500. The minimum atomic E-state index is 0.546. The fourth-order valence-electron chi connectivity index (χ4n) is 0.331. The lowest BCUT2D eigenvalue weighted by Crippen LogP contribution is -2.34. The van der Waals surface area contributed by atoms with Gasteiger partial charge in [0.05, 0.1) is 5.37 Å². The normalized spacial score (nSPS) is 31.7. The zero-order valence-corrected chi connectivity index (χ0v) is 4.29. The van der Waals surface area contributed by atoms with Gasteiger partial charge in [-0.05, 0) is 0 Å². The topological polar surface area (TPSA) is 12.0 Å². The van der Waals surface area contributed by atoms with Crippen LogP contribution in [0.1, 0.15) is 0 Å². The molecule has 1 aliphatic heterocycles. The van der Waals surface area contributed by atoms with Gasteiger partial charge < -0.3 is 0 Å². The molecule has 1 aliphatic rings. The second-order valence-electron chi connectivity index (χ2n) is 1.17. The number of nitrogens with one attached hydrogen (secondary N) is 1. The summed E-state index contributed by atoms with van der Waals surface area (Å²) in [6.45, 7) is 3.60. The molecule has 0 amide bonds. The van der Waals surface area contributed by atoms with E-state index in [0.29, 0.717) is 5.37 Å². The van der Waals surface area contributed by atoms with Crippen molar-refractivity contribution in [3.63, 3.8) is 0 Å². The highest BCUT2D eigenvalue weighted by molar-refractivity contribution is 8.01. The summed E-state index contributed by atoms with van der Waals surface area (Å²) in [6, 6.07) is 0. The van der Waals surface area contributed by atoms with E-state index in [1.54, 1.807) is 0 Å². The highest BCUT2D eigenvalue weighted by Crippen LogP contribution is 2.15. The van der Waals surface area contributed by atoms with E-state index in [-0.39, 0.29) is 0 Å². The van der Waals surface area contributed by atoms with Gasteiger partial charge in [-0.1, -0.05) is 6.08 Å². The Morgan fingerprint density at radius 3 is 2.67 bits per heavy atom. The van der Waals surface area contributed by atoms with E-state index in [1.807, 2.05) is 17.8 Å². The molecule has 1 N–H and O–H groups in total. The molecule has 1 saturated heterocycles. The average Bonchev–Trinajstić information content (AvgIpc) is 1.31. The molecule has 2 heteroatoms. The Bertz CT molecular complexity index is 58.6. The van der Waals surface area contributed by atoms with Crippen molar-refractivity contribution in [2.45, 2.75) is 5.37 Å². The van der Waals surface area contributed by atoms with Gasteiger partial charge in [-0.15, -0.1) is 18.3 Å². The SMILES string of the molecule is C=CC1NCS1. The van der Waals surface area contributed by atoms with Gasteiger partial charge in [0.2, 0.25) is 0 Å². The van der Waals surface area contributed by atoms with Crippen LogP contribution in [0.2, 0.25) is 0 Å². The Morgan fingerprint density at radius 1 is 2.00 bits per heavy atom. The Kier molecular flexibility index (Phi) is 1.17. The van der Waals surface area contributed by atoms with Gasteiger partial charge >= 0.3 is 0 Å². The molecule has 1 rings (SSSR count). The predicted octanol–water partition coefficient (Wildman–Crippen LogP) is 0.792. The number of hydrogen-bond donors (Lipinski definition) is 1. The fraction of sp³-hybridized carbons (Fsp3) is 0.500. The Labute approximate surface area is 41.8 Å². The van der Waals surface area contributed by atoms with Crippen LogP contribution in [0.3, 0.4) is 0 Å². The maximum Gasteiger partial charge on any atom is 0.0735 e. The van der Waals surface area contributed by atoms with E-state index >= 15 is 0 Å². The molecule has 34 valence electrons. The van der Waals surface area contributed by atoms with Crippen molar-refractivity contribution in [2.75, 3.05) is 5.88 Å². The molecule has 0 radical (unpaired) electrons. The first-order valence-electron chi connectivity index (χ1n) is 1.91. The third kappa shape index (κ3) is 0.581. The summed E-state index contributed by atoms with van der Waals surface area (Å²) >= 11 is 1.88. The van der Waals surface area contributed by atoms with Crippen LogP contribution in [-0.2, 0) is 0 Å². The monoisotopic (exact) mass is 101 g/mol. The number of hydrogen-bond acceptors (Lipinski definition) is 2. The quantitative estimate of drug-likeness (QED) is 0.490. The fourth-order valence-corrected chi connectivity index (χ4v) is 0.826. The highest BCUT2D eigenvalue weighted by Gasteiger charge is 2.10. The van der Waals surface area contributed by atoms with E-state index < -0.39 is 0 Å². The molecule has 0 bridgehead atoms. The Morgan fingerprint density at radius 2 is 2.67 bits per heavy atom. The molecule has 1 atom stereocenters. The van der Waals surface area contributed by atoms with Gasteiger partial charge in [-0.2, -0.15) is 0 Å². The van der Waals surface area contributed by atoms with Crippen molar-refractivity contribution in [3.05, 3.63) is 12.7 Å². The van der Waals surface area contributed by atoms with Crippen LogP contribution in [0.4, 0.5) is 0 Å². The van der Waals surface area contributed by atoms with E-state index in [4.69, 9.17) is 0 Å². The molecule has 0 aromatic carbocycles. The molecular formula is C4H7NS. The lowest BCUT2D eigenvalue weighted by Gasteiger charge is -2.22. The van der Waals surface area contributed by atoms with Crippen molar-refractivity contribution in [1.29, 1.82) is 0 Å². The molecule has 1 fully saturated rings. The van der Waals surface area contributed by atoms with Crippen LogP contribution in [-0.4, -0.2) is 11.3 Å². The minimum absolute atomic E-state index is 0.546. The first-order valence-corrected chi connectivity index (χ1v) is 2.96. The van der Waals surface area contributed by atoms with Gasteiger partial charge in [0.25, 0.3) is 0 Å². The van der Waals surface area contributed by atoms with Gasteiger partial charge in [-0.25, -0.2) is 0 Å². The largest absolute Gasteiger partial charge is 0.293 e. The summed E-state index contributed by atoms with van der Waals surface area (Å²) in [5.41, 5.74) is 0. The molecule has 1 unspecified atom stereocenters. The molecule has 1 heterocycles. The third-order valence-corrected chi connectivity index (χ3v) is 1.81. The lowest BCUT2D eigenvalue weighted by atomic mass is 10.6. The highest BCUT2D eigenvalue weighted by atomic mass is 32.2. The smallest absolute Gasteiger partial charge is 0.0735 e. The lowest BCUT2D eigenvalue weighted by molar-refractivity contribution is 0.786. The van der Waals surface area contributed by atoms with Gasteiger partial charge in [0, 0.05) is 5.88 Å². The zero-order chi connectivity index (χ0) is 4.41. The van der Waals surface area contributed by atoms with Crippen LogP contribution < -0.4 is 5.32 Å². The summed E-state index contributed by atoms with van der Waals surface area (Å²) in [5, 5.41) is 3.69. The van der Waals surface area contributed by atoms with Crippen LogP contribution in [0.5, 0.6) is 0 Å². The summed E-state index contributed by atoms with van der Waals surface area (Å²) in [7, 11) is 0. The second kappa shape index (κ2) is 1.67. The van der Waals surface area contributed by atoms with E-state index in [0.717, 1.165) is 5.88 Å². The Balaban J connectivity index is 2.16. The van der Waals surface area contributed by atoms with Crippen molar-refractivity contribution in [1.82, 2.24) is 5.32 Å². The van der Waals surface area contributed by atoms with Crippen LogP contribution in [0, 0.1) is 0 Å². The molecule has 0 aromatic rings. The molecular weight excluding hydrogens is 94.1 g/mol. The molecule has 1 nitrogen and oxygen atoms in total. The molecule has 0 aliphatic carbocycles. The molecule has 0 saturated carbocycles. The van der Waals surface area contributed by atoms with Crippen molar-refractivity contribution in [3.8, 4) is 0 Å². The number of rotatable bonds is 1. The van der Waals surface area contributed by atoms with Crippen LogP contribution in [0.25, 0.3) is 0 Å².